The number of benzene rings is 2. The SMILES string of the molecule is COc1ccc(/C=C/C(=O)NCC(O)c2cn(C)c3ccccc23)cc1OC. The van der Waals surface area contributed by atoms with Gasteiger partial charge in [0.25, 0.3) is 0 Å². The molecule has 0 aliphatic carbocycles. The lowest BCUT2D eigenvalue weighted by Gasteiger charge is -2.10. The van der Waals surface area contributed by atoms with Crippen molar-refractivity contribution in [2.45, 2.75) is 6.10 Å². The van der Waals surface area contributed by atoms with Gasteiger partial charge in [-0.25, -0.2) is 0 Å². The standard InChI is InChI=1S/C22H24N2O4/c1-24-14-17(16-6-4-5-7-18(16)24)19(25)13-23-22(26)11-9-15-8-10-20(27-2)21(12-15)28-3/h4-12,14,19,25H,13H2,1-3H3,(H,23,26)/b11-9+. The number of para-hydroxylation sites is 1. The molecule has 0 fully saturated rings. The first-order valence-electron chi connectivity index (χ1n) is 8.93. The molecule has 0 aliphatic rings. The molecule has 6 nitrogen and oxygen atoms in total. The van der Waals surface area contributed by atoms with E-state index in [0.29, 0.717) is 11.5 Å². The number of aliphatic hydroxyl groups is 1. The Morgan fingerprint density at radius 2 is 1.93 bits per heavy atom. The fraction of sp³-hybridized carbons (Fsp3) is 0.227. The Labute approximate surface area is 164 Å². The molecular formula is C22H24N2O4. The van der Waals surface area contributed by atoms with E-state index >= 15 is 0 Å². The molecule has 1 aromatic heterocycles. The lowest BCUT2D eigenvalue weighted by atomic mass is 10.1. The van der Waals surface area contributed by atoms with E-state index in [1.807, 2.05) is 48.1 Å². The van der Waals surface area contributed by atoms with E-state index in [0.717, 1.165) is 22.0 Å². The van der Waals surface area contributed by atoms with Gasteiger partial charge in [0, 0.05) is 42.3 Å². The van der Waals surface area contributed by atoms with Gasteiger partial charge in [-0.05, 0) is 29.8 Å². The number of fused-ring (bicyclic) bond motifs is 1. The number of ether oxygens (including phenoxy) is 2. The van der Waals surface area contributed by atoms with Gasteiger partial charge in [-0.1, -0.05) is 24.3 Å². The Kier molecular flexibility index (Phi) is 6.01. The first-order valence-corrected chi connectivity index (χ1v) is 8.93. The van der Waals surface area contributed by atoms with E-state index < -0.39 is 6.10 Å². The third-order valence-corrected chi connectivity index (χ3v) is 4.59. The van der Waals surface area contributed by atoms with Gasteiger partial charge in [0.1, 0.15) is 0 Å². The number of rotatable bonds is 7. The van der Waals surface area contributed by atoms with Gasteiger partial charge in [0.2, 0.25) is 5.91 Å². The van der Waals surface area contributed by atoms with Crippen molar-refractivity contribution in [2.75, 3.05) is 20.8 Å². The van der Waals surface area contributed by atoms with Crippen molar-refractivity contribution in [3.8, 4) is 11.5 Å². The number of nitrogens with one attached hydrogen (secondary N) is 1. The minimum atomic E-state index is -0.787. The molecule has 0 spiro atoms. The summed E-state index contributed by atoms with van der Waals surface area (Å²) in [6.45, 7) is 0.128. The third-order valence-electron chi connectivity index (χ3n) is 4.59. The Bertz CT molecular complexity index is 1010. The summed E-state index contributed by atoms with van der Waals surface area (Å²) < 4.78 is 12.4. The van der Waals surface area contributed by atoms with Crippen molar-refractivity contribution >= 4 is 22.9 Å². The lowest BCUT2D eigenvalue weighted by molar-refractivity contribution is -0.116. The molecule has 0 saturated heterocycles. The van der Waals surface area contributed by atoms with Crippen LogP contribution in [0.25, 0.3) is 17.0 Å². The predicted molar refractivity (Wildman–Crippen MR) is 109 cm³/mol. The molecule has 1 heterocycles. The summed E-state index contributed by atoms with van der Waals surface area (Å²) in [5.74, 6) is 0.938. The molecule has 28 heavy (non-hydrogen) atoms. The number of hydrogen-bond donors (Lipinski definition) is 2. The molecule has 1 amide bonds. The Morgan fingerprint density at radius 1 is 1.18 bits per heavy atom. The van der Waals surface area contributed by atoms with E-state index in [4.69, 9.17) is 9.47 Å². The zero-order valence-electron chi connectivity index (χ0n) is 16.2. The summed E-state index contributed by atoms with van der Waals surface area (Å²) in [5.41, 5.74) is 2.64. The molecular weight excluding hydrogens is 356 g/mol. The normalized spacial score (nSPS) is 12.3. The number of aryl methyl sites for hydroxylation is 1. The highest BCUT2D eigenvalue weighted by atomic mass is 16.5. The minimum Gasteiger partial charge on any atom is -0.493 e. The molecule has 6 heteroatoms. The van der Waals surface area contributed by atoms with Crippen LogP contribution in [0, 0.1) is 0 Å². The number of carbonyl (C=O) groups is 1. The Morgan fingerprint density at radius 3 is 2.68 bits per heavy atom. The maximum absolute atomic E-state index is 12.1. The highest BCUT2D eigenvalue weighted by Gasteiger charge is 2.14. The van der Waals surface area contributed by atoms with Gasteiger partial charge in [0.05, 0.1) is 20.3 Å². The highest BCUT2D eigenvalue weighted by Crippen LogP contribution is 2.28. The summed E-state index contributed by atoms with van der Waals surface area (Å²) in [4.78, 5) is 12.1. The number of hydrogen-bond acceptors (Lipinski definition) is 4. The van der Waals surface area contributed by atoms with Crippen LogP contribution in [0.4, 0.5) is 0 Å². The lowest BCUT2D eigenvalue weighted by Crippen LogP contribution is -2.26. The highest BCUT2D eigenvalue weighted by molar-refractivity contribution is 5.92. The monoisotopic (exact) mass is 380 g/mol. The fourth-order valence-electron chi connectivity index (χ4n) is 3.13. The topological polar surface area (TPSA) is 72.7 Å². The third kappa shape index (κ3) is 4.18. The second kappa shape index (κ2) is 8.63. The summed E-state index contributed by atoms with van der Waals surface area (Å²) in [7, 11) is 5.07. The van der Waals surface area contributed by atoms with Crippen molar-refractivity contribution in [1.29, 1.82) is 0 Å². The van der Waals surface area contributed by atoms with Gasteiger partial charge >= 0.3 is 0 Å². The quantitative estimate of drug-likeness (QED) is 0.618. The second-order valence-electron chi connectivity index (χ2n) is 6.42. The molecule has 146 valence electrons. The number of carbonyl (C=O) groups excluding carboxylic acids is 1. The van der Waals surface area contributed by atoms with Gasteiger partial charge in [-0.2, -0.15) is 0 Å². The van der Waals surface area contributed by atoms with Crippen LogP contribution < -0.4 is 14.8 Å². The number of aliphatic hydroxyl groups excluding tert-OH is 1. The van der Waals surface area contributed by atoms with Crippen LogP contribution >= 0.6 is 0 Å². The van der Waals surface area contributed by atoms with Gasteiger partial charge in [0.15, 0.2) is 11.5 Å². The van der Waals surface area contributed by atoms with Crippen LogP contribution in [0.1, 0.15) is 17.2 Å². The van der Waals surface area contributed by atoms with E-state index in [9.17, 15) is 9.90 Å². The van der Waals surface area contributed by atoms with E-state index in [-0.39, 0.29) is 12.5 Å². The van der Waals surface area contributed by atoms with Crippen molar-refractivity contribution in [3.05, 3.63) is 65.9 Å². The largest absolute Gasteiger partial charge is 0.493 e. The van der Waals surface area contributed by atoms with E-state index in [1.165, 1.54) is 6.08 Å². The van der Waals surface area contributed by atoms with Crippen molar-refractivity contribution in [2.24, 2.45) is 7.05 Å². The summed E-state index contributed by atoms with van der Waals surface area (Å²) >= 11 is 0. The van der Waals surface area contributed by atoms with Crippen LogP contribution in [0.3, 0.4) is 0 Å². The van der Waals surface area contributed by atoms with Gasteiger partial charge < -0.3 is 24.5 Å². The van der Waals surface area contributed by atoms with Crippen molar-refractivity contribution in [1.82, 2.24) is 9.88 Å². The molecule has 0 radical (unpaired) electrons. The summed E-state index contributed by atoms with van der Waals surface area (Å²) in [6, 6.07) is 13.2. The zero-order valence-corrected chi connectivity index (χ0v) is 16.2. The minimum absolute atomic E-state index is 0.128. The average molecular weight is 380 g/mol. The number of methoxy groups -OCH3 is 2. The summed E-state index contributed by atoms with van der Waals surface area (Å²) in [5, 5.41) is 14.2. The maximum atomic E-state index is 12.1. The maximum Gasteiger partial charge on any atom is 0.244 e. The molecule has 0 saturated carbocycles. The van der Waals surface area contributed by atoms with Gasteiger partial charge in [-0.3, -0.25) is 4.79 Å². The fourth-order valence-corrected chi connectivity index (χ4v) is 3.13. The molecule has 1 unspecified atom stereocenters. The van der Waals surface area contributed by atoms with E-state index in [2.05, 4.69) is 5.32 Å². The van der Waals surface area contributed by atoms with Crippen molar-refractivity contribution in [3.63, 3.8) is 0 Å². The zero-order chi connectivity index (χ0) is 20.1. The molecule has 3 rings (SSSR count). The molecule has 0 bridgehead atoms. The molecule has 3 aromatic rings. The Hall–Kier alpha value is -3.25. The molecule has 2 N–H and O–H groups in total. The van der Waals surface area contributed by atoms with Crippen LogP contribution in [-0.4, -0.2) is 36.3 Å². The number of aromatic nitrogens is 1. The first kappa shape index (κ1) is 19.5. The van der Waals surface area contributed by atoms with Crippen LogP contribution in [-0.2, 0) is 11.8 Å². The molecule has 2 aromatic carbocycles. The second-order valence-corrected chi connectivity index (χ2v) is 6.42. The van der Waals surface area contributed by atoms with Gasteiger partial charge in [-0.15, -0.1) is 0 Å². The van der Waals surface area contributed by atoms with Crippen LogP contribution in [0.5, 0.6) is 11.5 Å². The van der Waals surface area contributed by atoms with Crippen molar-refractivity contribution < 1.29 is 19.4 Å². The first-order chi connectivity index (χ1) is 13.5. The van der Waals surface area contributed by atoms with Crippen LogP contribution in [0.15, 0.2) is 54.7 Å². The smallest absolute Gasteiger partial charge is 0.244 e. The number of nitrogens with zero attached hydrogens (tertiary/aromatic N) is 1. The van der Waals surface area contributed by atoms with E-state index in [1.54, 1.807) is 32.4 Å². The number of amides is 1. The molecule has 0 aliphatic heterocycles. The molecule has 1 atom stereocenters. The predicted octanol–water partition coefficient (Wildman–Crippen LogP) is 3.06. The Balaban J connectivity index is 1.63. The van der Waals surface area contributed by atoms with Crippen LogP contribution in [0.2, 0.25) is 0 Å². The summed E-state index contributed by atoms with van der Waals surface area (Å²) in [6.07, 6.45) is 4.21. The average Bonchev–Trinajstić information content (AvgIpc) is 3.07.